The number of aryl methyl sites for hydroxylation is 1. The van der Waals surface area contributed by atoms with E-state index in [2.05, 4.69) is 15.6 Å². The number of aromatic nitrogens is 2. The molecule has 2 N–H and O–H groups in total. The molecular formula is C16H20N4O3. The van der Waals surface area contributed by atoms with Gasteiger partial charge in [0.25, 0.3) is 0 Å². The fraction of sp³-hybridized carbons (Fsp3) is 0.375. The second-order valence-corrected chi connectivity index (χ2v) is 5.29. The van der Waals surface area contributed by atoms with Crippen LogP contribution in [-0.2, 0) is 6.54 Å². The van der Waals surface area contributed by atoms with Gasteiger partial charge in [-0.3, -0.25) is 0 Å². The zero-order valence-electron chi connectivity index (χ0n) is 12.8. The van der Waals surface area contributed by atoms with Gasteiger partial charge in [0.15, 0.2) is 17.6 Å². The van der Waals surface area contributed by atoms with Crippen LogP contribution in [0.1, 0.15) is 6.42 Å². The third-order valence-corrected chi connectivity index (χ3v) is 3.50. The van der Waals surface area contributed by atoms with Crippen LogP contribution in [-0.4, -0.2) is 41.4 Å². The number of nitrogens with one attached hydrogen (secondary N) is 2. The molecule has 0 fully saturated rings. The highest BCUT2D eigenvalue weighted by molar-refractivity contribution is 5.73. The van der Waals surface area contributed by atoms with Crippen molar-refractivity contribution in [1.29, 1.82) is 0 Å². The van der Waals surface area contributed by atoms with Crippen molar-refractivity contribution < 1.29 is 14.3 Å². The lowest BCUT2D eigenvalue weighted by molar-refractivity contribution is 0.0918. The Labute approximate surface area is 134 Å². The van der Waals surface area contributed by atoms with E-state index >= 15 is 0 Å². The van der Waals surface area contributed by atoms with E-state index in [4.69, 9.17) is 9.47 Å². The van der Waals surface area contributed by atoms with Gasteiger partial charge in [-0.1, -0.05) is 12.1 Å². The molecule has 0 aliphatic carbocycles. The minimum atomic E-state index is -0.196. The van der Waals surface area contributed by atoms with E-state index in [-0.39, 0.29) is 12.1 Å². The number of carbonyl (C=O) groups is 1. The van der Waals surface area contributed by atoms with Crippen molar-refractivity contribution in [3.8, 4) is 11.5 Å². The zero-order valence-corrected chi connectivity index (χ0v) is 12.8. The number of carbonyl (C=O) groups excluding carboxylic acids is 1. The molecule has 1 aliphatic heterocycles. The van der Waals surface area contributed by atoms with Gasteiger partial charge in [-0.2, -0.15) is 0 Å². The lowest BCUT2D eigenvalue weighted by atomic mass is 10.2. The van der Waals surface area contributed by atoms with Gasteiger partial charge in [0, 0.05) is 25.5 Å². The molecular weight excluding hydrogens is 296 g/mol. The molecule has 3 rings (SSSR count). The van der Waals surface area contributed by atoms with Gasteiger partial charge < -0.3 is 24.7 Å². The molecule has 7 heteroatoms. The Hall–Kier alpha value is -2.70. The molecule has 1 atom stereocenters. The van der Waals surface area contributed by atoms with E-state index in [9.17, 15) is 4.79 Å². The Morgan fingerprint density at radius 3 is 3.00 bits per heavy atom. The van der Waals surface area contributed by atoms with Crippen LogP contribution >= 0.6 is 0 Å². The van der Waals surface area contributed by atoms with E-state index in [0.717, 1.165) is 18.7 Å². The predicted octanol–water partition coefficient (Wildman–Crippen LogP) is 1.41. The summed E-state index contributed by atoms with van der Waals surface area (Å²) < 4.78 is 13.4. The van der Waals surface area contributed by atoms with Crippen LogP contribution in [0.3, 0.4) is 0 Å². The minimum Gasteiger partial charge on any atom is -0.486 e. The van der Waals surface area contributed by atoms with Crippen LogP contribution in [0.4, 0.5) is 4.79 Å². The van der Waals surface area contributed by atoms with E-state index < -0.39 is 0 Å². The summed E-state index contributed by atoms with van der Waals surface area (Å²) >= 11 is 0. The van der Waals surface area contributed by atoms with E-state index in [1.807, 2.05) is 35.0 Å². The number of imidazole rings is 1. The number of para-hydroxylation sites is 2. The SMILES string of the molecule is O=C(NCCCn1ccnc1)NCC1COc2ccccc2O1. The maximum atomic E-state index is 11.8. The average molecular weight is 316 g/mol. The van der Waals surface area contributed by atoms with Crippen molar-refractivity contribution in [1.82, 2.24) is 20.2 Å². The molecule has 2 aromatic rings. The van der Waals surface area contributed by atoms with E-state index in [1.165, 1.54) is 0 Å². The molecule has 2 heterocycles. The van der Waals surface area contributed by atoms with Crippen LogP contribution in [0, 0.1) is 0 Å². The van der Waals surface area contributed by atoms with Gasteiger partial charge in [0.05, 0.1) is 12.9 Å². The van der Waals surface area contributed by atoms with Crippen LogP contribution in [0.5, 0.6) is 11.5 Å². The summed E-state index contributed by atoms with van der Waals surface area (Å²) in [6.45, 7) is 2.27. The standard InChI is InChI=1S/C16H20N4O3/c21-16(18-6-3-8-20-9-7-17-12-20)19-10-13-11-22-14-4-1-2-5-15(14)23-13/h1-2,4-5,7,9,12-13H,3,6,8,10-11H2,(H2,18,19,21). The molecule has 7 nitrogen and oxygen atoms in total. The number of fused-ring (bicyclic) bond motifs is 1. The highest BCUT2D eigenvalue weighted by Gasteiger charge is 2.20. The van der Waals surface area contributed by atoms with E-state index in [1.54, 1.807) is 12.5 Å². The Morgan fingerprint density at radius 2 is 2.17 bits per heavy atom. The maximum Gasteiger partial charge on any atom is 0.314 e. The predicted molar refractivity (Wildman–Crippen MR) is 84.6 cm³/mol. The molecule has 0 radical (unpaired) electrons. The molecule has 23 heavy (non-hydrogen) atoms. The lowest BCUT2D eigenvalue weighted by Gasteiger charge is -2.26. The van der Waals surface area contributed by atoms with Crippen molar-refractivity contribution in [2.45, 2.75) is 19.1 Å². The maximum absolute atomic E-state index is 11.8. The number of benzene rings is 1. The number of hydrogen-bond donors (Lipinski definition) is 2. The molecule has 1 unspecified atom stereocenters. The summed E-state index contributed by atoms with van der Waals surface area (Å²) in [6.07, 6.45) is 6.07. The topological polar surface area (TPSA) is 77.4 Å². The minimum absolute atomic E-state index is 0.179. The quantitative estimate of drug-likeness (QED) is 0.790. The summed E-state index contributed by atoms with van der Waals surface area (Å²) in [5, 5.41) is 5.63. The molecule has 2 amide bonds. The highest BCUT2D eigenvalue weighted by Crippen LogP contribution is 2.30. The normalized spacial score (nSPS) is 15.9. The summed E-state index contributed by atoms with van der Waals surface area (Å²) in [7, 11) is 0. The van der Waals surface area contributed by atoms with Gasteiger partial charge in [0.1, 0.15) is 6.61 Å². The number of nitrogens with zero attached hydrogens (tertiary/aromatic N) is 2. The van der Waals surface area contributed by atoms with Gasteiger partial charge in [-0.15, -0.1) is 0 Å². The number of urea groups is 1. The number of hydrogen-bond acceptors (Lipinski definition) is 4. The van der Waals surface area contributed by atoms with Crippen LogP contribution in [0.2, 0.25) is 0 Å². The second-order valence-electron chi connectivity index (χ2n) is 5.29. The van der Waals surface area contributed by atoms with Crippen molar-refractivity contribution in [3.05, 3.63) is 43.0 Å². The molecule has 1 aromatic heterocycles. The summed E-state index contributed by atoms with van der Waals surface area (Å²) in [6, 6.07) is 7.32. The first-order valence-corrected chi connectivity index (χ1v) is 7.67. The Bertz CT molecular complexity index is 630. The van der Waals surface area contributed by atoms with Crippen molar-refractivity contribution in [2.75, 3.05) is 19.7 Å². The Balaban J connectivity index is 1.32. The Kier molecular flexibility index (Phi) is 4.98. The fourth-order valence-electron chi connectivity index (χ4n) is 2.32. The van der Waals surface area contributed by atoms with Gasteiger partial charge in [-0.25, -0.2) is 9.78 Å². The Morgan fingerprint density at radius 1 is 1.30 bits per heavy atom. The molecule has 1 aromatic carbocycles. The van der Waals surface area contributed by atoms with Crippen molar-refractivity contribution >= 4 is 6.03 Å². The largest absolute Gasteiger partial charge is 0.486 e. The third-order valence-electron chi connectivity index (χ3n) is 3.50. The zero-order chi connectivity index (χ0) is 15.9. The molecule has 0 saturated carbocycles. The summed E-state index contributed by atoms with van der Waals surface area (Å²) in [5.74, 6) is 1.46. The van der Waals surface area contributed by atoms with Crippen LogP contribution in [0.25, 0.3) is 0 Å². The van der Waals surface area contributed by atoms with Gasteiger partial charge >= 0.3 is 6.03 Å². The second kappa shape index (κ2) is 7.53. The van der Waals surface area contributed by atoms with Crippen molar-refractivity contribution in [3.63, 3.8) is 0 Å². The van der Waals surface area contributed by atoms with Crippen LogP contribution in [0.15, 0.2) is 43.0 Å². The molecule has 122 valence electrons. The van der Waals surface area contributed by atoms with E-state index in [0.29, 0.717) is 25.4 Å². The van der Waals surface area contributed by atoms with Crippen molar-refractivity contribution in [2.24, 2.45) is 0 Å². The smallest absolute Gasteiger partial charge is 0.314 e. The lowest BCUT2D eigenvalue weighted by Crippen LogP contribution is -2.44. The fourth-order valence-corrected chi connectivity index (χ4v) is 2.32. The highest BCUT2D eigenvalue weighted by atomic mass is 16.6. The molecule has 0 spiro atoms. The summed E-state index contributed by atoms with van der Waals surface area (Å²) in [4.78, 5) is 15.7. The monoisotopic (exact) mass is 316 g/mol. The third kappa shape index (κ3) is 4.38. The van der Waals surface area contributed by atoms with Gasteiger partial charge in [0.2, 0.25) is 0 Å². The first-order valence-electron chi connectivity index (χ1n) is 7.67. The number of amides is 2. The summed E-state index contributed by atoms with van der Waals surface area (Å²) in [5.41, 5.74) is 0. The van der Waals surface area contributed by atoms with Gasteiger partial charge in [-0.05, 0) is 18.6 Å². The average Bonchev–Trinajstić information content (AvgIpc) is 3.10. The number of ether oxygens (including phenoxy) is 2. The molecule has 1 aliphatic rings. The molecule has 0 bridgehead atoms. The first-order chi connectivity index (χ1) is 11.3. The number of rotatable bonds is 6. The van der Waals surface area contributed by atoms with Crippen LogP contribution < -0.4 is 20.1 Å². The molecule has 0 saturated heterocycles. The first kappa shape index (κ1) is 15.2.